The van der Waals surface area contributed by atoms with Crippen LogP contribution in [0.15, 0.2) is 36.7 Å². The van der Waals surface area contributed by atoms with Gasteiger partial charge in [0.15, 0.2) is 5.78 Å². The number of nitrogens with one attached hydrogen (secondary N) is 1. The van der Waals surface area contributed by atoms with E-state index in [1.807, 2.05) is 50.2 Å². The molecule has 1 unspecified atom stereocenters. The van der Waals surface area contributed by atoms with Crippen LogP contribution in [0.4, 0.5) is 4.39 Å². The second kappa shape index (κ2) is 12.0. The molecule has 1 N–H and O–H groups in total. The molecule has 0 aliphatic carbocycles. The minimum atomic E-state index is -0.497. The average Bonchev–Trinajstić information content (AvgIpc) is 3.52. The Bertz CT molecular complexity index is 1510. The van der Waals surface area contributed by atoms with Crippen molar-refractivity contribution >= 4 is 28.5 Å². The fourth-order valence-corrected chi connectivity index (χ4v) is 6.92. The number of hydrogen-bond donors (Lipinski definition) is 1. The summed E-state index contributed by atoms with van der Waals surface area (Å²) >= 11 is 0. The number of ketones is 1. The number of Topliss-reactive ketones (excluding diaryl/α,β-unsaturated/α-hetero) is 1. The van der Waals surface area contributed by atoms with E-state index in [2.05, 4.69) is 17.2 Å². The molecule has 224 valence electrons. The number of hydrogen-bond acceptors (Lipinski definition) is 5. The van der Waals surface area contributed by atoms with Crippen molar-refractivity contribution < 1.29 is 18.8 Å². The van der Waals surface area contributed by atoms with Gasteiger partial charge in [0.05, 0.1) is 29.0 Å². The topological polar surface area (TPSA) is 87.5 Å². The molecule has 2 saturated heterocycles. The van der Waals surface area contributed by atoms with Crippen LogP contribution >= 0.6 is 0 Å². The Kier molecular flexibility index (Phi) is 8.51. The normalized spacial score (nSPS) is 22.6. The van der Waals surface area contributed by atoms with E-state index in [4.69, 9.17) is 0 Å². The summed E-state index contributed by atoms with van der Waals surface area (Å²) in [6, 6.07) is 6.14. The number of piperidine rings is 1. The lowest BCUT2D eigenvalue weighted by molar-refractivity contribution is -0.136. The van der Waals surface area contributed by atoms with Gasteiger partial charge in [-0.2, -0.15) is 0 Å². The molecular formula is C33H42FN5O3. The van der Waals surface area contributed by atoms with Crippen molar-refractivity contribution in [1.29, 1.82) is 0 Å². The Morgan fingerprint density at radius 1 is 1.14 bits per heavy atom. The van der Waals surface area contributed by atoms with E-state index in [0.29, 0.717) is 54.4 Å². The van der Waals surface area contributed by atoms with Crippen LogP contribution in [0.5, 0.6) is 0 Å². The van der Waals surface area contributed by atoms with Gasteiger partial charge in [-0.25, -0.2) is 4.39 Å². The number of nitrogens with zero attached hydrogens (tertiary/aromatic N) is 4. The van der Waals surface area contributed by atoms with Gasteiger partial charge >= 0.3 is 0 Å². The number of amides is 2. The molecule has 2 aromatic heterocycles. The maximum absolute atomic E-state index is 14.5. The van der Waals surface area contributed by atoms with Gasteiger partial charge in [0.2, 0.25) is 5.91 Å². The summed E-state index contributed by atoms with van der Waals surface area (Å²) in [7, 11) is 0. The van der Waals surface area contributed by atoms with Crippen molar-refractivity contribution in [2.45, 2.75) is 91.4 Å². The summed E-state index contributed by atoms with van der Waals surface area (Å²) in [5.41, 5.74) is 2.72. The molecule has 0 bridgehead atoms. The molecule has 0 spiro atoms. The number of aromatic nitrogens is 2. The van der Waals surface area contributed by atoms with Gasteiger partial charge < -0.3 is 19.7 Å². The highest BCUT2D eigenvalue weighted by Crippen LogP contribution is 2.35. The summed E-state index contributed by atoms with van der Waals surface area (Å²) in [6.07, 6.45) is 6.37. The molecule has 2 amide bonds. The summed E-state index contributed by atoms with van der Waals surface area (Å²) in [5, 5.41) is 4.14. The van der Waals surface area contributed by atoms with Gasteiger partial charge in [-0.3, -0.25) is 19.4 Å². The average molecular weight is 576 g/mol. The lowest BCUT2D eigenvalue weighted by Crippen LogP contribution is -2.52. The van der Waals surface area contributed by atoms with Gasteiger partial charge in [0.1, 0.15) is 5.82 Å². The molecule has 3 aromatic rings. The van der Waals surface area contributed by atoms with Gasteiger partial charge in [-0.05, 0) is 91.5 Å². The first-order chi connectivity index (χ1) is 20.0. The highest BCUT2D eigenvalue weighted by Gasteiger charge is 2.38. The molecule has 5 rings (SSSR count). The number of likely N-dealkylation sites (tertiary alicyclic amines) is 1. The fourth-order valence-electron chi connectivity index (χ4n) is 6.92. The minimum absolute atomic E-state index is 0.0290. The zero-order chi connectivity index (χ0) is 30.3. The number of carbonyl (C=O) groups is 3. The summed E-state index contributed by atoms with van der Waals surface area (Å²) in [5.74, 6) is -0.842. The van der Waals surface area contributed by atoms with Crippen molar-refractivity contribution in [2.24, 2.45) is 5.92 Å². The summed E-state index contributed by atoms with van der Waals surface area (Å²) in [6.45, 7) is 12.8. The number of pyridine rings is 1. The molecule has 2 aliphatic rings. The fraction of sp³-hybridized carbons (Fsp3) is 0.515. The molecule has 2 fully saturated rings. The van der Waals surface area contributed by atoms with E-state index in [0.717, 1.165) is 18.2 Å². The van der Waals surface area contributed by atoms with Crippen LogP contribution in [-0.4, -0.2) is 74.2 Å². The van der Waals surface area contributed by atoms with Crippen LogP contribution in [0.1, 0.15) is 86.7 Å². The third kappa shape index (κ3) is 5.35. The Hall–Kier alpha value is -3.59. The van der Waals surface area contributed by atoms with E-state index in [9.17, 15) is 18.8 Å². The molecule has 8 nitrogen and oxygen atoms in total. The second-order valence-electron chi connectivity index (χ2n) is 12.2. The number of fused-ring (bicyclic) bond motifs is 1. The first-order valence-electron chi connectivity index (χ1n) is 15.2. The van der Waals surface area contributed by atoms with E-state index in [1.54, 1.807) is 23.4 Å². The second-order valence-corrected chi connectivity index (χ2v) is 12.2. The number of halogens is 1. The summed E-state index contributed by atoms with van der Waals surface area (Å²) in [4.78, 5) is 49.1. The maximum atomic E-state index is 14.5. The van der Waals surface area contributed by atoms with Crippen LogP contribution in [0.25, 0.3) is 16.6 Å². The molecule has 2 aliphatic heterocycles. The summed E-state index contributed by atoms with van der Waals surface area (Å²) < 4.78 is 16.4. The Morgan fingerprint density at radius 3 is 2.55 bits per heavy atom. The molecule has 1 aromatic carbocycles. The predicted octanol–water partition coefficient (Wildman–Crippen LogP) is 5.29. The molecule has 4 heterocycles. The zero-order valence-corrected chi connectivity index (χ0v) is 25.5. The highest BCUT2D eigenvalue weighted by atomic mass is 19.1. The zero-order valence-electron chi connectivity index (χ0n) is 25.5. The number of benzene rings is 1. The third-order valence-corrected chi connectivity index (χ3v) is 9.11. The van der Waals surface area contributed by atoms with Crippen LogP contribution in [0, 0.1) is 18.7 Å². The quantitative estimate of drug-likeness (QED) is 0.387. The van der Waals surface area contributed by atoms with E-state index in [-0.39, 0.29) is 47.2 Å². The lowest BCUT2D eigenvalue weighted by atomic mass is 9.84. The molecule has 42 heavy (non-hydrogen) atoms. The number of carbonyl (C=O) groups excluding carboxylic acids is 3. The van der Waals surface area contributed by atoms with Crippen LogP contribution in [0.2, 0.25) is 0 Å². The van der Waals surface area contributed by atoms with Crippen LogP contribution in [0.3, 0.4) is 0 Å². The van der Waals surface area contributed by atoms with Crippen LogP contribution < -0.4 is 5.32 Å². The maximum Gasteiger partial charge on any atom is 0.256 e. The molecule has 9 heteroatoms. The van der Waals surface area contributed by atoms with Crippen LogP contribution in [-0.2, 0) is 4.79 Å². The predicted molar refractivity (Wildman–Crippen MR) is 161 cm³/mol. The van der Waals surface area contributed by atoms with Crippen molar-refractivity contribution in [3.8, 4) is 5.69 Å². The minimum Gasteiger partial charge on any atom is -0.339 e. The van der Waals surface area contributed by atoms with E-state index >= 15 is 0 Å². The molecule has 4 atom stereocenters. The number of rotatable bonds is 7. The molecule has 0 radical (unpaired) electrons. The molecule has 0 saturated carbocycles. The van der Waals surface area contributed by atoms with Crippen molar-refractivity contribution in [3.63, 3.8) is 0 Å². The van der Waals surface area contributed by atoms with Gasteiger partial charge in [0.25, 0.3) is 5.91 Å². The van der Waals surface area contributed by atoms with Crippen molar-refractivity contribution in [1.82, 2.24) is 24.7 Å². The van der Waals surface area contributed by atoms with Crippen molar-refractivity contribution in [3.05, 3.63) is 59.3 Å². The van der Waals surface area contributed by atoms with Gasteiger partial charge in [0, 0.05) is 60.0 Å². The van der Waals surface area contributed by atoms with Gasteiger partial charge in [-0.1, -0.05) is 0 Å². The first-order valence-corrected chi connectivity index (χ1v) is 15.2. The Balaban J connectivity index is 1.50. The Labute approximate surface area is 247 Å². The van der Waals surface area contributed by atoms with Crippen molar-refractivity contribution in [2.75, 3.05) is 13.1 Å². The van der Waals surface area contributed by atoms with E-state index in [1.165, 1.54) is 12.1 Å². The monoisotopic (exact) mass is 575 g/mol. The largest absolute Gasteiger partial charge is 0.339 e. The first kappa shape index (κ1) is 29.9. The molecular weight excluding hydrogens is 533 g/mol. The van der Waals surface area contributed by atoms with Gasteiger partial charge in [-0.15, -0.1) is 0 Å². The third-order valence-electron chi connectivity index (χ3n) is 9.11. The smallest absolute Gasteiger partial charge is 0.256 e. The van der Waals surface area contributed by atoms with E-state index < -0.39 is 5.82 Å². The SMILES string of the molecule is CCN(C(=O)c1cc(F)ccc1-n1c(C)c(C(=O)C2CCN(C(=O)[C@@H]3CC[C@H](C)N3)[C@@H](C)C2)c2ccncc21)C(C)C. The highest BCUT2D eigenvalue weighted by molar-refractivity contribution is 6.11. The standard InChI is InChI=1S/C33H42FN5O3/c1-7-37(19(2)3)32(41)26-17-24(34)9-11-28(26)39-22(6)30(25-12-14-35-18-29(25)39)31(40)23-13-15-38(21(5)16-23)33(42)27-10-8-20(4)36-27/h9,11-12,14,17-21,23,27,36H,7-8,10,13,15-16H2,1-6H3/t20-,21-,23?,27-/m0/s1. The Morgan fingerprint density at radius 2 is 1.90 bits per heavy atom. The lowest BCUT2D eigenvalue weighted by Gasteiger charge is -2.38.